The number of aromatic nitrogens is 2. The summed E-state index contributed by atoms with van der Waals surface area (Å²) in [5.41, 5.74) is 0.253. The van der Waals surface area contributed by atoms with Crippen molar-refractivity contribution in [3.05, 3.63) is 45.3 Å². The number of H-pyrrole nitrogens is 1. The van der Waals surface area contributed by atoms with Gasteiger partial charge in [0.15, 0.2) is 5.13 Å². The molecular weight excluding hydrogens is 370 g/mol. The van der Waals surface area contributed by atoms with Crippen LogP contribution in [0, 0.1) is 0 Å². The largest absolute Gasteiger partial charge is 0.342 e. The molecular formula is C17H19N5O4S. The molecule has 2 aromatic rings. The smallest absolute Gasteiger partial charge is 0.263 e. The Bertz CT molecular complexity index is 885. The Labute approximate surface area is 159 Å². The zero-order chi connectivity index (χ0) is 19.2. The van der Waals surface area contributed by atoms with Crippen molar-refractivity contribution >= 4 is 34.7 Å². The summed E-state index contributed by atoms with van der Waals surface area (Å²) in [6.07, 6.45) is 3.04. The molecule has 1 aliphatic rings. The summed E-state index contributed by atoms with van der Waals surface area (Å²) in [6.45, 7) is 2.20. The van der Waals surface area contributed by atoms with Crippen molar-refractivity contribution < 1.29 is 14.4 Å². The molecule has 0 bridgehead atoms. The number of carbonyl (C=O) groups is 3. The first kappa shape index (κ1) is 18.8. The fourth-order valence-corrected chi connectivity index (χ4v) is 3.45. The van der Waals surface area contributed by atoms with Crippen LogP contribution in [0.15, 0.2) is 28.5 Å². The number of anilines is 1. The Hall–Kier alpha value is -3.01. The lowest BCUT2D eigenvalue weighted by Crippen LogP contribution is -2.48. The van der Waals surface area contributed by atoms with E-state index in [2.05, 4.69) is 15.3 Å². The maximum Gasteiger partial charge on any atom is 0.263 e. The van der Waals surface area contributed by atoms with Crippen molar-refractivity contribution in [1.82, 2.24) is 19.8 Å². The minimum absolute atomic E-state index is 0.0129. The van der Waals surface area contributed by atoms with Gasteiger partial charge in [-0.3, -0.25) is 24.5 Å². The number of pyridine rings is 1. The molecule has 9 nitrogen and oxygen atoms in total. The predicted molar refractivity (Wildman–Crippen MR) is 99.7 cm³/mol. The van der Waals surface area contributed by atoms with E-state index in [-0.39, 0.29) is 11.5 Å². The van der Waals surface area contributed by atoms with Crippen LogP contribution in [0.5, 0.6) is 0 Å². The Balaban J connectivity index is 1.50. The number of thiazole rings is 1. The summed E-state index contributed by atoms with van der Waals surface area (Å²) in [5.74, 6) is -0.503. The van der Waals surface area contributed by atoms with Crippen molar-refractivity contribution in [2.45, 2.75) is 12.8 Å². The third-order valence-corrected chi connectivity index (χ3v) is 5.05. The highest BCUT2D eigenvalue weighted by Crippen LogP contribution is 2.17. The predicted octanol–water partition coefficient (Wildman–Crippen LogP) is 0.317. The van der Waals surface area contributed by atoms with Crippen LogP contribution in [0.4, 0.5) is 5.13 Å². The van der Waals surface area contributed by atoms with E-state index in [0.29, 0.717) is 49.8 Å². The van der Waals surface area contributed by atoms with Crippen LogP contribution < -0.4 is 10.9 Å². The molecule has 1 aliphatic heterocycles. The average Bonchev–Trinajstić information content (AvgIpc) is 3.13. The van der Waals surface area contributed by atoms with Crippen molar-refractivity contribution in [3.63, 3.8) is 0 Å². The molecule has 3 heterocycles. The van der Waals surface area contributed by atoms with Gasteiger partial charge in [0.25, 0.3) is 11.5 Å². The number of aromatic amines is 1. The number of carbonyl (C=O) groups excluding carboxylic acids is 3. The molecule has 3 amide bonds. The van der Waals surface area contributed by atoms with Gasteiger partial charge < -0.3 is 14.8 Å². The fraction of sp³-hybridized carbons (Fsp3) is 0.353. The first-order valence-corrected chi connectivity index (χ1v) is 9.35. The van der Waals surface area contributed by atoms with Crippen molar-refractivity contribution in [2.24, 2.45) is 0 Å². The number of piperazine rings is 1. The molecule has 1 saturated heterocycles. The standard InChI is InChI=1S/C17H19N5O4S/c23-11-21-6-8-22(9-7-21)14(24)4-3-12-10-27-17(19-12)20-16(26)13-2-1-5-18-15(13)25/h1-2,5,10-11H,3-4,6-9H2,(H,18,25)(H,19,20,26). The van der Waals surface area contributed by atoms with Crippen LogP contribution in [0.25, 0.3) is 0 Å². The van der Waals surface area contributed by atoms with Crippen LogP contribution in [0.3, 0.4) is 0 Å². The summed E-state index contributed by atoms with van der Waals surface area (Å²) < 4.78 is 0. The van der Waals surface area contributed by atoms with Gasteiger partial charge in [-0.05, 0) is 18.6 Å². The molecule has 1 fully saturated rings. The van der Waals surface area contributed by atoms with E-state index in [4.69, 9.17) is 0 Å². The molecule has 0 radical (unpaired) electrons. The normalized spacial score (nSPS) is 14.1. The number of hydrogen-bond donors (Lipinski definition) is 2. The average molecular weight is 389 g/mol. The molecule has 27 heavy (non-hydrogen) atoms. The molecule has 10 heteroatoms. The minimum atomic E-state index is -0.526. The molecule has 2 N–H and O–H groups in total. The SMILES string of the molecule is O=CN1CCN(C(=O)CCc2csc(NC(=O)c3ccc[nH]c3=O)n2)CC1. The Morgan fingerprint density at radius 1 is 1.30 bits per heavy atom. The summed E-state index contributed by atoms with van der Waals surface area (Å²) in [4.78, 5) is 56.8. The third-order valence-electron chi connectivity index (χ3n) is 4.25. The van der Waals surface area contributed by atoms with Crippen LogP contribution in [0.2, 0.25) is 0 Å². The van der Waals surface area contributed by atoms with E-state index >= 15 is 0 Å². The molecule has 0 atom stereocenters. The Morgan fingerprint density at radius 3 is 2.78 bits per heavy atom. The van der Waals surface area contributed by atoms with Gasteiger partial charge in [-0.15, -0.1) is 11.3 Å². The number of amides is 3. The molecule has 2 aromatic heterocycles. The van der Waals surface area contributed by atoms with E-state index in [1.807, 2.05) is 0 Å². The summed E-state index contributed by atoms with van der Waals surface area (Å²) in [5, 5.41) is 4.76. The molecule has 0 unspecified atom stereocenters. The number of nitrogens with zero attached hydrogens (tertiary/aromatic N) is 3. The molecule has 3 rings (SSSR count). The Kier molecular flexibility index (Phi) is 5.97. The quantitative estimate of drug-likeness (QED) is 0.690. The Morgan fingerprint density at radius 2 is 2.07 bits per heavy atom. The second-order valence-corrected chi connectivity index (χ2v) is 6.89. The van der Waals surface area contributed by atoms with Crippen LogP contribution in [-0.4, -0.2) is 64.2 Å². The molecule has 142 valence electrons. The minimum Gasteiger partial charge on any atom is -0.342 e. The lowest BCUT2D eigenvalue weighted by molar-refractivity contribution is -0.135. The highest BCUT2D eigenvalue weighted by molar-refractivity contribution is 7.14. The van der Waals surface area contributed by atoms with Gasteiger partial charge >= 0.3 is 0 Å². The van der Waals surface area contributed by atoms with Gasteiger partial charge in [-0.2, -0.15) is 0 Å². The van der Waals surface area contributed by atoms with Gasteiger partial charge in [0.1, 0.15) is 5.56 Å². The van der Waals surface area contributed by atoms with Gasteiger partial charge in [-0.25, -0.2) is 4.98 Å². The van der Waals surface area contributed by atoms with Gasteiger partial charge in [0.05, 0.1) is 5.69 Å². The van der Waals surface area contributed by atoms with Crippen LogP contribution >= 0.6 is 11.3 Å². The van der Waals surface area contributed by atoms with Gasteiger partial charge in [0, 0.05) is 44.2 Å². The highest BCUT2D eigenvalue weighted by Gasteiger charge is 2.20. The molecule has 0 spiro atoms. The second-order valence-electron chi connectivity index (χ2n) is 6.03. The lowest BCUT2D eigenvalue weighted by Gasteiger charge is -2.32. The molecule has 0 aliphatic carbocycles. The van der Waals surface area contributed by atoms with E-state index < -0.39 is 11.5 Å². The van der Waals surface area contributed by atoms with Gasteiger partial charge in [0.2, 0.25) is 12.3 Å². The van der Waals surface area contributed by atoms with Crippen LogP contribution in [-0.2, 0) is 16.0 Å². The first-order valence-electron chi connectivity index (χ1n) is 8.47. The van der Waals surface area contributed by atoms with Crippen molar-refractivity contribution in [3.8, 4) is 0 Å². The van der Waals surface area contributed by atoms with Crippen molar-refractivity contribution in [2.75, 3.05) is 31.5 Å². The number of aryl methyl sites for hydroxylation is 1. The van der Waals surface area contributed by atoms with E-state index in [1.165, 1.54) is 23.6 Å². The molecule has 0 saturated carbocycles. The highest BCUT2D eigenvalue weighted by atomic mass is 32.1. The maximum absolute atomic E-state index is 12.3. The number of rotatable bonds is 6. The topological polar surface area (TPSA) is 115 Å². The lowest BCUT2D eigenvalue weighted by atomic mass is 10.2. The van der Waals surface area contributed by atoms with E-state index in [1.54, 1.807) is 21.2 Å². The second kappa shape index (κ2) is 8.58. The summed E-state index contributed by atoms with van der Waals surface area (Å²) in [7, 11) is 0. The zero-order valence-corrected chi connectivity index (χ0v) is 15.3. The monoisotopic (exact) mass is 389 g/mol. The summed E-state index contributed by atoms with van der Waals surface area (Å²) in [6, 6.07) is 3.01. The molecule has 0 aromatic carbocycles. The summed E-state index contributed by atoms with van der Waals surface area (Å²) >= 11 is 1.24. The number of nitrogens with one attached hydrogen (secondary N) is 2. The van der Waals surface area contributed by atoms with E-state index in [9.17, 15) is 19.2 Å². The van der Waals surface area contributed by atoms with Crippen LogP contribution in [0.1, 0.15) is 22.5 Å². The van der Waals surface area contributed by atoms with E-state index in [0.717, 1.165) is 6.41 Å². The van der Waals surface area contributed by atoms with Crippen molar-refractivity contribution in [1.29, 1.82) is 0 Å². The zero-order valence-electron chi connectivity index (χ0n) is 14.5. The fourth-order valence-electron chi connectivity index (χ4n) is 2.71. The maximum atomic E-state index is 12.3. The van der Waals surface area contributed by atoms with Gasteiger partial charge in [-0.1, -0.05) is 0 Å². The first-order chi connectivity index (χ1) is 13.1. The third kappa shape index (κ3) is 4.79. The number of hydrogen-bond acceptors (Lipinski definition) is 6.